The Bertz CT molecular complexity index is 482. The first kappa shape index (κ1) is 16.2. The first-order valence-electron chi connectivity index (χ1n) is 9.03. The Morgan fingerprint density at radius 1 is 0.682 bits per heavy atom. The summed E-state index contributed by atoms with van der Waals surface area (Å²) in [6, 6.07) is 0. The minimum absolute atomic E-state index is 0.0255. The zero-order valence-electron chi connectivity index (χ0n) is 15.2. The molecule has 0 saturated heterocycles. The summed E-state index contributed by atoms with van der Waals surface area (Å²) in [5.41, 5.74) is 0.615. The van der Waals surface area contributed by atoms with E-state index in [0.29, 0.717) is 23.4 Å². The predicted octanol–water partition coefficient (Wildman–Crippen LogP) is 4.80. The molecule has 4 aliphatic rings. The number of fused-ring (bicyclic) bond motifs is 4. The summed E-state index contributed by atoms with van der Waals surface area (Å²) < 4.78 is 0. The van der Waals surface area contributed by atoms with Crippen LogP contribution in [0.25, 0.3) is 0 Å². The zero-order chi connectivity index (χ0) is 16.6. The van der Waals surface area contributed by atoms with Crippen molar-refractivity contribution in [2.75, 3.05) is 0 Å². The quantitative estimate of drug-likeness (QED) is 0.644. The van der Waals surface area contributed by atoms with Crippen LogP contribution in [0.1, 0.15) is 80.1 Å². The molecule has 0 aromatic heterocycles. The van der Waals surface area contributed by atoms with Gasteiger partial charge in [0.1, 0.15) is 11.6 Å². The lowest BCUT2D eigenvalue weighted by molar-refractivity contribution is -0.129. The van der Waals surface area contributed by atoms with Gasteiger partial charge < -0.3 is 0 Å². The molecule has 4 rings (SSSR count). The maximum Gasteiger partial charge on any atom is 0.139 e. The largest absolute Gasteiger partial charge is 0.299 e. The van der Waals surface area contributed by atoms with Crippen molar-refractivity contribution in [3.63, 3.8) is 0 Å². The molecule has 124 valence electrons. The fourth-order valence-corrected chi connectivity index (χ4v) is 5.80. The topological polar surface area (TPSA) is 34.1 Å². The van der Waals surface area contributed by atoms with Gasteiger partial charge in [-0.15, -0.1) is 0 Å². The summed E-state index contributed by atoms with van der Waals surface area (Å²) in [4.78, 5) is 23.1. The Morgan fingerprint density at radius 2 is 1.00 bits per heavy atom. The van der Waals surface area contributed by atoms with Gasteiger partial charge in [-0.1, -0.05) is 41.5 Å². The average molecular weight is 304 g/mol. The van der Waals surface area contributed by atoms with E-state index in [1.165, 1.54) is 12.8 Å². The molecule has 0 amide bonds. The van der Waals surface area contributed by atoms with Crippen LogP contribution >= 0.6 is 0 Å². The molecule has 0 heterocycles. The van der Waals surface area contributed by atoms with Gasteiger partial charge in [0.2, 0.25) is 0 Å². The van der Waals surface area contributed by atoms with Crippen LogP contribution in [0.2, 0.25) is 0 Å². The number of rotatable bonds is 0. The minimum atomic E-state index is 0.0255. The summed E-state index contributed by atoms with van der Waals surface area (Å²) >= 11 is 0. The van der Waals surface area contributed by atoms with Crippen molar-refractivity contribution in [2.24, 2.45) is 33.5 Å². The molecule has 4 atom stereocenters. The molecule has 2 heteroatoms. The van der Waals surface area contributed by atoms with E-state index in [1.54, 1.807) is 0 Å². The highest BCUT2D eigenvalue weighted by molar-refractivity contribution is 5.89. The van der Waals surface area contributed by atoms with Crippen molar-refractivity contribution in [3.05, 3.63) is 0 Å². The first-order chi connectivity index (χ1) is 9.97. The molecule has 4 aliphatic carbocycles. The second-order valence-corrected chi connectivity index (χ2v) is 9.83. The molecular weight excluding hydrogens is 272 g/mol. The van der Waals surface area contributed by atoms with E-state index < -0.39 is 0 Å². The third-order valence-corrected chi connectivity index (χ3v) is 8.97. The molecule has 0 spiro atoms. The van der Waals surface area contributed by atoms with Crippen LogP contribution in [0.15, 0.2) is 0 Å². The minimum Gasteiger partial charge on any atom is -0.299 e. The summed E-state index contributed by atoms with van der Waals surface area (Å²) in [5, 5.41) is 0. The summed E-state index contributed by atoms with van der Waals surface area (Å²) in [6.45, 7) is 13.3. The normalized spacial score (nSPS) is 46.8. The van der Waals surface area contributed by atoms with Gasteiger partial charge in [0, 0.05) is 23.7 Å². The van der Waals surface area contributed by atoms with Gasteiger partial charge >= 0.3 is 0 Å². The van der Waals surface area contributed by atoms with E-state index in [1.807, 2.05) is 0 Å². The van der Waals surface area contributed by atoms with Crippen molar-refractivity contribution in [1.82, 2.24) is 0 Å². The van der Waals surface area contributed by atoms with Crippen LogP contribution in [0.3, 0.4) is 0 Å². The maximum absolute atomic E-state index is 11.6. The van der Waals surface area contributed by atoms with Crippen LogP contribution in [0.5, 0.6) is 0 Å². The second-order valence-electron chi connectivity index (χ2n) is 9.83. The molecule has 2 nitrogen and oxygen atoms in total. The van der Waals surface area contributed by atoms with E-state index in [4.69, 9.17) is 0 Å². The average Bonchev–Trinajstić information content (AvgIpc) is 2.91. The standard InChI is InChI=1S/2C10H16O/c2*1-9(2)7-4-5-10(9,3)8(11)6-7/h2*7H,4-6H2,1-3H3/t2*7?,10-/m11/s1. The molecule has 22 heavy (non-hydrogen) atoms. The second kappa shape index (κ2) is 4.45. The van der Waals surface area contributed by atoms with E-state index in [9.17, 15) is 9.59 Å². The molecule has 2 unspecified atom stereocenters. The molecule has 0 N–H and O–H groups in total. The Balaban J connectivity index is 0.000000131. The SMILES string of the molecule is CC1(C)C2CC[C@]1(C)C(=O)C2.CC1(C)C2CC[C@]1(C)C(=O)C2. The number of carbonyl (C=O) groups excluding carboxylic acids is 2. The number of hydrogen-bond donors (Lipinski definition) is 0. The van der Waals surface area contributed by atoms with E-state index in [-0.39, 0.29) is 21.7 Å². The Kier molecular flexibility index (Phi) is 3.28. The van der Waals surface area contributed by atoms with E-state index >= 15 is 0 Å². The monoisotopic (exact) mass is 304 g/mol. The van der Waals surface area contributed by atoms with Crippen molar-refractivity contribution in [1.29, 1.82) is 0 Å². The van der Waals surface area contributed by atoms with E-state index in [0.717, 1.165) is 25.7 Å². The first-order valence-corrected chi connectivity index (χ1v) is 9.03. The van der Waals surface area contributed by atoms with Crippen molar-refractivity contribution in [3.8, 4) is 0 Å². The number of carbonyl (C=O) groups is 2. The fourth-order valence-electron chi connectivity index (χ4n) is 5.80. The molecule has 0 aliphatic heterocycles. The highest BCUT2D eigenvalue weighted by Gasteiger charge is 2.62. The van der Waals surface area contributed by atoms with Crippen LogP contribution in [-0.2, 0) is 9.59 Å². The lowest BCUT2D eigenvalue weighted by atomic mass is 9.70. The Hall–Kier alpha value is -0.660. The van der Waals surface area contributed by atoms with Gasteiger partial charge in [0.25, 0.3) is 0 Å². The Labute approximate surface area is 135 Å². The summed E-state index contributed by atoms with van der Waals surface area (Å²) in [5.74, 6) is 2.39. The molecule has 4 saturated carbocycles. The Morgan fingerprint density at radius 3 is 1.09 bits per heavy atom. The number of hydrogen-bond acceptors (Lipinski definition) is 2. The maximum atomic E-state index is 11.6. The van der Waals surface area contributed by atoms with Crippen molar-refractivity contribution >= 4 is 11.6 Å². The molecule has 4 bridgehead atoms. The van der Waals surface area contributed by atoms with Crippen molar-refractivity contribution in [2.45, 2.75) is 80.1 Å². The summed E-state index contributed by atoms with van der Waals surface area (Å²) in [7, 11) is 0. The smallest absolute Gasteiger partial charge is 0.139 e. The predicted molar refractivity (Wildman–Crippen MR) is 88.5 cm³/mol. The third-order valence-electron chi connectivity index (χ3n) is 8.97. The zero-order valence-corrected chi connectivity index (χ0v) is 15.2. The molecule has 4 fully saturated rings. The molecule has 0 aromatic rings. The fraction of sp³-hybridized carbons (Fsp3) is 0.900. The number of ketones is 2. The highest BCUT2D eigenvalue weighted by atomic mass is 16.1. The van der Waals surface area contributed by atoms with Crippen LogP contribution in [0.4, 0.5) is 0 Å². The van der Waals surface area contributed by atoms with Gasteiger partial charge in [-0.3, -0.25) is 9.59 Å². The van der Waals surface area contributed by atoms with Crippen molar-refractivity contribution < 1.29 is 9.59 Å². The van der Waals surface area contributed by atoms with E-state index in [2.05, 4.69) is 41.5 Å². The van der Waals surface area contributed by atoms with Gasteiger partial charge in [-0.2, -0.15) is 0 Å². The molecular formula is C20H32O2. The third kappa shape index (κ3) is 1.73. The van der Waals surface area contributed by atoms with Crippen LogP contribution in [-0.4, -0.2) is 11.6 Å². The lowest BCUT2D eigenvalue weighted by Gasteiger charge is -2.32. The summed E-state index contributed by atoms with van der Waals surface area (Å²) in [6.07, 6.45) is 6.50. The van der Waals surface area contributed by atoms with Crippen LogP contribution in [0, 0.1) is 33.5 Å². The highest BCUT2D eigenvalue weighted by Crippen LogP contribution is 2.64. The van der Waals surface area contributed by atoms with Gasteiger partial charge in [-0.05, 0) is 48.3 Å². The number of Topliss-reactive ketones (excluding diaryl/α,β-unsaturated/α-hetero) is 2. The van der Waals surface area contributed by atoms with Gasteiger partial charge in [0.05, 0.1) is 0 Å². The molecule has 0 aromatic carbocycles. The van der Waals surface area contributed by atoms with Crippen LogP contribution < -0.4 is 0 Å². The van der Waals surface area contributed by atoms with Gasteiger partial charge in [0.15, 0.2) is 0 Å². The van der Waals surface area contributed by atoms with Gasteiger partial charge in [-0.25, -0.2) is 0 Å². The lowest BCUT2D eigenvalue weighted by Crippen LogP contribution is -2.32. The molecule has 0 radical (unpaired) electrons.